The summed E-state index contributed by atoms with van der Waals surface area (Å²) in [6.07, 6.45) is 0. The minimum Gasteiger partial charge on any atom is -0.484 e. The van der Waals surface area contributed by atoms with Gasteiger partial charge < -0.3 is 19.5 Å². The highest BCUT2D eigenvalue weighted by Crippen LogP contribution is 2.25. The monoisotopic (exact) mass is 405 g/mol. The highest BCUT2D eigenvalue weighted by Gasteiger charge is 2.07. The number of nitrogens with one attached hydrogen (secondary N) is 1. The first kappa shape index (κ1) is 20.9. The molecule has 0 bridgehead atoms. The number of esters is 1. The van der Waals surface area contributed by atoms with Gasteiger partial charge in [-0.15, -0.1) is 0 Å². The molecule has 3 rings (SSSR count). The molecule has 6 nitrogen and oxygen atoms in total. The zero-order chi connectivity index (χ0) is 21.5. The molecule has 1 amide bonds. The van der Waals surface area contributed by atoms with Crippen LogP contribution in [0.1, 0.15) is 21.5 Å². The molecule has 0 spiro atoms. The zero-order valence-corrected chi connectivity index (χ0v) is 17.1. The number of aryl methyl sites for hydroxylation is 2. The molecule has 30 heavy (non-hydrogen) atoms. The van der Waals surface area contributed by atoms with Crippen molar-refractivity contribution in [1.29, 1.82) is 0 Å². The Morgan fingerprint density at radius 2 is 1.40 bits per heavy atom. The van der Waals surface area contributed by atoms with Gasteiger partial charge >= 0.3 is 5.97 Å². The summed E-state index contributed by atoms with van der Waals surface area (Å²) in [5, 5.41) is 2.71. The maximum atomic E-state index is 12.1. The van der Waals surface area contributed by atoms with Gasteiger partial charge in [0.25, 0.3) is 5.91 Å². The van der Waals surface area contributed by atoms with Gasteiger partial charge in [0.15, 0.2) is 6.61 Å². The van der Waals surface area contributed by atoms with Crippen LogP contribution in [0.3, 0.4) is 0 Å². The molecule has 0 aliphatic carbocycles. The maximum absolute atomic E-state index is 12.1. The van der Waals surface area contributed by atoms with Crippen molar-refractivity contribution >= 4 is 17.6 Å². The summed E-state index contributed by atoms with van der Waals surface area (Å²) in [5.41, 5.74) is 3.25. The van der Waals surface area contributed by atoms with Gasteiger partial charge in [0.2, 0.25) is 0 Å². The second-order valence-corrected chi connectivity index (χ2v) is 6.80. The molecule has 0 radical (unpaired) electrons. The summed E-state index contributed by atoms with van der Waals surface area (Å²) in [6.45, 7) is 3.90. The van der Waals surface area contributed by atoms with Crippen LogP contribution in [0.4, 0.5) is 5.69 Å². The number of anilines is 1. The van der Waals surface area contributed by atoms with E-state index >= 15 is 0 Å². The predicted octanol–water partition coefficient (Wildman–Crippen LogP) is 4.90. The first-order valence-corrected chi connectivity index (χ1v) is 9.40. The van der Waals surface area contributed by atoms with Crippen molar-refractivity contribution in [3.8, 4) is 17.2 Å². The molecule has 0 unspecified atom stereocenters. The molecule has 1 N–H and O–H groups in total. The lowest BCUT2D eigenvalue weighted by atomic mass is 10.1. The smallest absolute Gasteiger partial charge is 0.337 e. The molecule has 6 heteroatoms. The molecule has 0 saturated carbocycles. The highest BCUT2D eigenvalue weighted by molar-refractivity contribution is 5.93. The third-order valence-electron chi connectivity index (χ3n) is 4.21. The van der Waals surface area contributed by atoms with Crippen molar-refractivity contribution in [2.75, 3.05) is 19.0 Å². The third-order valence-corrected chi connectivity index (χ3v) is 4.21. The molecule has 0 fully saturated rings. The Kier molecular flexibility index (Phi) is 6.70. The van der Waals surface area contributed by atoms with E-state index in [-0.39, 0.29) is 12.5 Å². The Balaban J connectivity index is 1.50. The fourth-order valence-electron chi connectivity index (χ4n) is 2.89. The maximum Gasteiger partial charge on any atom is 0.337 e. The van der Waals surface area contributed by atoms with Crippen LogP contribution in [0.5, 0.6) is 17.2 Å². The van der Waals surface area contributed by atoms with Crippen molar-refractivity contribution in [3.63, 3.8) is 0 Å². The van der Waals surface area contributed by atoms with Gasteiger partial charge in [-0.2, -0.15) is 0 Å². The summed E-state index contributed by atoms with van der Waals surface area (Å²) in [5.74, 6) is 1.28. The van der Waals surface area contributed by atoms with Gasteiger partial charge in [-0.3, -0.25) is 4.79 Å². The highest BCUT2D eigenvalue weighted by atomic mass is 16.5. The quantitative estimate of drug-likeness (QED) is 0.566. The summed E-state index contributed by atoms with van der Waals surface area (Å²) < 4.78 is 16.0. The fraction of sp³-hybridized carbons (Fsp3) is 0.167. The van der Waals surface area contributed by atoms with Crippen molar-refractivity contribution in [1.82, 2.24) is 0 Å². The molecular formula is C24H23NO5. The van der Waals surface area contributed by atoms with E-state index in [0.29, 0.717) is 22.7 Å². The summed E-state index contributed by atoms with van der Waals surface area (Å²) in [4.78, 5) is 23.5. The summed E-state index contributed by atoms with van der Waals surface area (Å²) >= 11 is 0. The van der Waals surface area contributed by atoms with Crippen LogP contribution in [-0.4, -0.2) is 25.6 Å². The number of carbonyl (C=O) groups is 2. The molecule has 154 valence electrons. The minimum absolute atomic E-state index is 0.143. The number of hydrogen-bond acceptors (Lipinski definition) is 5. The van der Waals surface area contributed by atoms with E-state index in [4.69, 9.17) is 9.47 Å². The number of rotatable bonds is 7. The largest absolute Gasteiger partial charge is 0.484 e. The second kappa shape index (κ2) is 9.60. The lowest BCUT2D eigenvalue weighted by molar-refractivity contribution is -0.118. The third kappa shape index (κ3) is 5.85. The van der Waals surface area contributed by atoms with Gasteiger partial charge in [0, 0.05) is 5.69 Å². The van der Waals surface area contributed by atoms with Crippen molar-refractivity contribution in [3.05, 3.63) is 83.4 Å². The molecular weight excluding hydrogens is 382 g/mol. The molecule has 3 aromatic carbocycles. The van der Waals surface area contributed by atoms with E-state index in [0.717, 1.165) is 16.9 Å². The average molecular weight is 405 g/mol. The molecule has 0 aromatic heterocycles. The Morgan fingerprint density at radius 3 is 2.00 bits per heavy atom. The molecule has 0 atom stereocenters. The van der Waals surface area contributed by atoms with Crippen LogP contribution in [0.15, 0.2) is 66.7 Å². The Bertz CT molecular complexity index is 1010. The predicted molar refractivity (Wildman–Crippen MR) is 114 cm³/mol. The average Bonchev–Trinajstić information content (AvgIpc) is 2.72. The van der Waals surface area contributed by atoms with Crippen LogP contribution in [0.25, 0.3) is 0 Å². The van der Waals surface area contributed by atoms with Crippen molar-refractivity contribution in [2.45, 2.75) is 13.8 Å². The van der Waals surface area contributed by atoms with Gasteiger partial charge in [0.05, 0.1) is 12.7 Å². The summed E-state index contributed by atoms with van der Waals surface area (Å²) in [7, 11) is 1.32. The van der Waals surface area contributed by atoms with Gasteiger partial charge in [-0.05, 0) is 85.6 Å². The normalized spacial score (nSPS) is 10.2. The van der Waals surface area contributed by atoms with Crippen LogP contribution in [-0.2, 0) is 9.53 Å². The summed E-state index contributed by atoms with van der Waals surface area (Å²) in [6, 6.07) is 19.5. The molecule has 0 heterocycles. The van der Waals surface area contributed by atoms with E-state index in [2.05, 4.69) is 16.1 Å². The van der Waals surface area contributed by atoms with E-state index in [1.165, 1.54) is 7.11 Å². The Hall–Kier alpha value is -3.80. The van der Waals surface area contributed by atoms with E-state index in [1.807, 2.05) is 26.0 Å². The lowest BCUT2D eigenvalue weighted by Gasteiger charge is -2.10. The van der Waals surface area contributed by atoms with Gasteiger partial charge in [-0.1, -0.05) is 6.07 Å². The molecule has 0 saturated heterocycles. The van der Waals surface area contributed by atoms with Crippen LogP contribution in [0, 0.1) is 13.8 Å². The van der Waals surface area contributed by atoms with E-state index < -0.39 is 5.97 Å². The second-order valence-electron chi connectivity index (χ2n) is 6.80. The standard InChI is InChI=1S/C24H23NO5/c1-16-12-17(2)14-22(13-16)30-21-10-8-20(9-11-21)29-15-23(26)25-19-6-4-18(5-7-19)24(27)28-3/h4-14H,15H2,1-3H3,(H,25,26). The van der Waals surface area contributed by atoms with Crippen LogP contribution >= 0.6 is 0 Å². The van der Waals surface area contributed by atoms with Gasteiger partial charge in [-0.25, -0.2) is 4.79 Å². The zero-order valence-electron chi connectivity index (χ0n) is 17.1. The van der Waals surface area contributed by atoms with Crippen molar-refractivity contribution in [2.24, 2.45) is 0 Å². The van der Waals surface area contributed by atoms with Gasteiger partial charge in [0.1, 0.15) is 17.2 Å². The number of benzene rings is 3. The number of carbonyl (C=O) groups excluding carboxylic acids is 2. The topological polar surface area (TPSA) is 73.9 Å². The number of amides is 1. The molecule has 0 aliphatic heterocycles. The van der Waals surface area contributed by atoms with Crippen LogP contribution < -0.4 is 14.8 Å². The number of ether oxygens (including phenoxy) is 3. The fourth-order valence-corrected chi connectivity index (χ4v) is 2.89. The number of methoxy groups -OCH3 is 1. The van der Waals surface area contributed by atoms with Crippen molar-refractivity contribution < 1.29 is 23.8 Å². The first-order chi connectivity index (χ1) is 14.4. The Morgan fingerprint density at radius 1 is 0.800 bits per heavy atom. The Labute approximate surface area is 175 Å². The van der Waals surface area contributed by atoms with E-state index in [1.54, 1.807) is 48.5 Å². The minimum atomic E-state index is -0.429. The lowest BCUT2D eigenvalue weighted by Crippen LogP contribution is -2.20. The van der Waals surface area contributed by atoms with Crippen LogP contribution in [0.2, 0.25) is 0 Å². The van der Waals surface area contributed by atoms with E-state index in [9.17, 15) is 9.59 Å². The molecule has 0 aliphatic rings. The first-order valence-electron chi connectivity index (χ1n) is 9.40. The SMILES string of the molecule is COC(=O)c1ccc(NC(=O)COc2ccc(Oc3cc(C)cc(C)c3)cc2)cc1. The molecule has 3 aromatic rings. The number of hydrogen-bond donors (Lipinski definition) is 1.